The number of carbonyl (C=O) groups is 3. The lowest BCUT2D eigenvalue weighted by Crippen LogP contribution is -2.54. The number of amides is 3. The number of carbonyl (C=O) groups excluding carboxylic acids is 3. The maximum atomic E-state index is 13.6. The molecule has 2 saturated heterocycles. The topological polar surface area (TPSA) is 69.7 Å². The van der Waals surface area contributed by atoms with Crippen molar-refractivity contribution in [2.75, 3.05) is 24.5 Å². The molecule has 2 aliphatic rings. The third-order valence-electron chi connectivity index (χ3n) is 5.40. The van der Waals surface area contributed by atoms with E-state index in [1.807, 2.05) is 11.8 Å². The van der Waals surface area contributed by atoms with Gasteiger partial charge in [0.25, 0.3) is 0 Å². The number of halogens is 2. The molecule has 1 aromatic rings. The van der Waals surface area contributed by atoms with Gasteiger partial charge in [0.15, 0.2) is 0 Å². The van der Waals surface area contributed by atoms with Crippen molar-refractivity contribution >= 4 is 35.0 Å². The van der Waals surface area contributed by atoms with Crippen molar-refractivity contribution in [2.24, 2.45) is 5.41 Å². The monoisotopic (exact) mass is 395 g/mol. The van der Waals surface area contributed by atoms with Gasteiger partial charge in [-0.05, 0) is 31.5 Å². The Morgan fingerprint density at radius 1 is 1.33 bits per heavy atom. The van der Waals surface area contributed by atoms with Crippen LogP contribution in [0.2, 0.25) is 5.02 Å². The molecule has 2 aliphatic heterocycles. The Kier molecular flexibility index (Phi) is 5.42. The van der Waals surface area contributed by atoms with Crippen molar-refractivity contribution in [1.29, 1.82) is 0 Å². The van der Waals surface area contributed by atoms with E-state index in [2.05, 4.69) is 5.32 Å². The summed E-state index contributed by atoms with van der Waals surface area (Å²) in [5.74, 6) is -1.01. The Balaban J connectivity index is 1.58. The van der Waals surface area contributed by atoms with Gasteiger partial charge < -0.3 is 9.80 Å². The smallest absolute Gasteiger partial charge is 0.233 e. The molecule has 0 saturated carbocycles. The second kappa shape index (κ2) is 7.46. The number of nitrogens with one attached hydrogen (secondary N) is 1. The van der Waals surface area contributed by atoms with Crippen molar-refractivity contribution < 1.29 is 18.8 Å². The molecule has 6 nitrogen and oxygen atoms in total. The summed E-state index contributed by atoms with van der Waals surface area (Å²) >= 11 is 5.95. The Labute approximate surface area is 162 Å². The van der Waals surface area contributed by atoms with Gasteiger partial charge in [0.1, 0.15) is 5.82 Å². The van der Waals surface area contributed by atoms with E-state index < -0.39 is 5.41 Å². The number of imide groups is 1. The fourth-order valence-electron chi connectivity index (χ4n) is 3.77. The minimum atomic E-state index is -0.807. The van der Waals surface area contributed by atoms with Crippen LogP contribution in [0.15, 0.2) is 18.2 Å². The van der Waals surface area contributed by atoms with E-state index in [-0.39, 0.29) is 42.4 Å². The van der Waals surface area contributed by atoms with Gasteiger partial charge in [-0.1, -0.05) is 18.5 Å². The molecule has 0 aliphatic carbocycles. The lowest BCUT2D eigenvalue weighted by molar-refractivity contribution is -0.133. The zero-order valence-corrected chi connectivity index (χ0v) is 16.2. The molecular formula is C19H23ClFN3O3. The molecule has 2 atom stereocenters. The SMILES string of the molecule is C[C@H]1CN(C(=O)CCC2(C)CC(=O)NC2=O)CCN1c1cc(F)cc(Cl)c1. The minimum absolute atomic E-state index is 0.00695. The first-order chi connectivity index (χ1) is 12.7. The zero-order valence-electron chi connectivity index (χ0n) is 15.4. The molecule has 2 heterocycles. The summed E-state index contributed by atoms with van der Waals surface area (Å²) in [5, 5.41) is 2.64. The van der Waals surface area contributed by atoms with Gasteiger partial charge in [0.05, 0.1) is 5.41 Å². The number of rotatable bonds is 4. The van der Waals surface area contributed by atoms with Crippen molar-refractivity contribution in [3.63, 3.8) is 0 Å². The average molecular weight is 396 g/mol. The number of anilines is 1. The standard InChI is InChI=1S/C19H23ClFN3O3/c1-12-11-23(5-6-24(12)15-8-13(20)7-14(21)9-15)17(26)3-4-19(2)10-16(25)22-18(19)27/h7-9,12H,3-6,10-11H2,1-2H3,(H,22,25,27)/t12-,19?/m0/s1. The number of hydrogen-bond acceptors (Lipinski definition) is 4. The van der Waals surface area contributed by atoms with Crippen LogP contribution in [0.5, 0.6) is 0 Å². The van der Waals surface area contributed by atoms with E-state index in [1.165, 1.54) is 12.1 Å². The second-order valence-electron chi connectivity index (χ2n) is 7.62. The summed E-state index contributed by atoms with van der Waals surface area (Å²) in [6.45, 7) is 5.29. The lowest BCUT2D eigenvalue weighted by Gasteiger charge is -2.41. The molecule has 0 spiro atoms. The molecule has 1 N–H and O–H groups in total. The molecule has 3 amide bonds. The Morgan fingerprint density at radius 2 is 2.07 bits per heavy atom. The van der Waals surface area contributed by atoms with Crippen LogP contribution < -0.4 is 10.2 Å². The molecular weight excluding hydrogens is 373 g/mol. The van der Waals surface area contributed by atoms with Crippen LogP contribution in [-0.2, 0) is 14.4 Å². The second-order valence-corrected chi connectivity index (χ2v) is 8.06. The van der Waals surface area contributed by atoms with E-state index in [4.69, 9.17) is 11.6 Å². The van der Waals surface area contributed by atoms with Gasteiger partial charge in [-0.25, -0.2) is 4.39 Å². The van der Waals surface area contributed by atoms with Crippen LogP contribution in [0.4, 0.5) is 10.1 Å². The molecule has 3 rings (SSSR count). The van der Waals surface area contributed by atoms with Crippen LogP contribution in [0.1, 0.15) is 33.1 Å². The van der Waals surface area contributed by atoms with Gasteiger partial charge in [-0.3, -0.25) is 19.7 Å². The fourth-order valence-corrected chi connectivity index (χ4v) is 3.99. The van der Waals surface area contributed by atoms with Crippen molar-refractivity contribution in [1.82, 2.24) is 10.2 Å². The number of hydrogen-bond donors (Lipinski definition) is 1. The van der Waals surface area contributed by atoms with E-state index in [1.54, 1.807) is 17.9 Å². The summed E-state index contributed by atoms with van der Waals surface area (Å²) < 4.78 is 13.6. The molecule has 0 bridgehead atoms. The van der Waals surface area contributed by atoms with E-state index in [0.717, 1.165) is 0 Å². The molecule has 27 heavy (non-hydrogen) atoms. The van der Waals surface area contributed by atoms with Crippen molar-refractivity contribution in [3.05, 3.63) is 29.0 Å². The largest absolute Gasteiger partial charge is 0.365 e. The summed E-state index contributed by atoms with van der Waals surface area (Å²) in [4.78, 5) is 39.7. The highest BCUT2D eigenvalue weighted by atomic mass is 35.5. The number of benzene rings is 1. The van der Waals surface area contributed by atoms with Crippen LogP contribution in [0.3, 0.4) is 0 Å². The van der Waals surface area contributed by atoms with Gasteiger partial charge in [0, 0.05) is 49.2 Å². The molecule has 1 unspecified atom stereocenters. The molecule has 1 aromatic carbocycles. The van der Waals surface area contributed by atoms with Gasteiger partial charge >= 0.3 is 0 Å². The van der Waals surface area contributed by atoms with E-state index in [9.17, 15) is 18.8 Å². The normalized spacial score (nSPS) is 25.7. The maximum absolute atomic E-state index is 13.6. The molecule has 8 heteroatoms. The quantitative estimate of drug-likeness (QED) is 0.794. The minimum Gasteiger partial charge on any atom is -0.365 e. The summed E-state index contributed by atoms with van der Waals surface area (Å²) in [6, 6.07) is 4.43. The molecule has 2 fully saturated rings. The van der Waals surface area contributed by atoms with Crippen molar-refractivity contribution in [2.45, 2.75) is 39.2 Å². The lowest BCUT2D eigenvalue weighted by atomic mass is 9.83. The first kappa shape index (κ1) is 19.6. The zero-order chi connectivity index (χ0) is 19.8. The van der Waals surface area contributed by atoms with Gasteiger partial charge in [-0.2, -0.15) is 0 Å². The highest BCUT2D eigenvalue weighted by molar-refractivity contribution is 6.30. The van der Waals surface area contributed by atoms with E-state index >= 15 is 0 Å². The maximum Gasteiger partial charge on any atom is 0.233 e. The molecule has 0 radical (unpaired) electrons. The number of piperazine rings is 1. The van der Waals surface area contributed by atoms with Crippen LogP contribution >= 0.6 is 11.6 Å². The molecule has 146 valence electrons. The fraction of sp³-hybridized carbons (Fsp3) is 0.526. The molecule has 0 aromatic heterocycles. The average Bonchev–Trinajstić information content (AvgIpc) is 2.84. The Morgan fingerprint density at radius 3 is 2.67 bits per heavy atom. The predicted octanol–water partition coefficient (Wildman–Crippen LogP) is 2.35. The Bertz CT molecular complexity index is 767. The van der Waals surface area contributed by atoms with Crippen LogP contribution in [0.25, 0.3) is 0 Å². The summed E-state index contributed by atoms with van der Waals surface area (Å²) in [6.07, 6.45) is 0.691. The van der Waals surface area contributed by atoms with Gasteiger partial charge in [-0.15, -0.1) is 0 Å². The van der Waals surface area contributed by atoms with Crippen LogP contribution in [0, 0.1) is 11.2 Å². The first-order valence-electron chi connectivity index (χ1n) is 9.03. The Hall–Kier alpha value is -2.15. The summed E-state index contributed by atoms with van der Waals surface area (Å²) in [5.41, 5.74) is -0.105. The van der Waals surface area contributed by atoms with Gasteiger partial charge in [0.2, 0.25) is 17.7 Å². The first-order valence-corrected chi connectivity index (χ1v) is 9.40. The highest BCUT2D eigenvalue weighted by Gasteiger charge is 2.42. The van der Waals surface area contributed by atoms with Crippen molar-refractivity contribution in [3.8, 4) is 0 Å². The third kappa shape index (κ3) is 4.24. The third-order valence-corrected chi connectivity index (χ3v) is 5.62. The van der Waals surface area contributed by atoms with Crippen LogP contribution in [-0.4, -0.2) is 48.3 Å². The highest BCUT2D eigenvalue weighted by Crippen LogP contribution is 2.32. The predicted molar refractivity (Wildman–Crippen MR) is 99.9 cm³/mol. The summed E-state index contributed by atoms with van der Waals surface area (Å²) in [7, 11) is 0. The number of nitrogens with zero attached hydrogens (tertiary/aromatic N) is 2. The van der Waals surface area contributed by atoms with E-state index in [0.29, 0.717) is 36.8 Å².